The Bertz CT molecular complexity index is 951. The summed E-state index contributed by atoms with van der Waals surface area (Å²) < 4.78 is 44.8. The van der Waals surface area contributed by atoms with Gasteiger partial charge in [-0.15, -0.1) is 0 Å². The van der Waals surface area contributed by atoms with Crippen molar-refractivity contribution >= 4 is 11.7 Å². The van der Waals surface area contributed by atoms with Gasteiger partial charge < -0.3 is 10.1 Å². The van der Waals surface area contributed by atoms with Gasteiger partial charge in [0, 0.05) is 30.4 Å². The number of nitrogens with one attached hydrogen (secondary N) is 1. The molecule has 0 saturated carbocycles. The van der Waals surface area contributed by atoms with E-state index in [1.807, 2.05) is 0 Å². The van der Waals surface area contributed by atoms with Crippen molar-refractivity contribution in [3.05, 3.63) is 66.0 Å². The lowest BCUT2D eigenvalue weighted by molar-refractivity contribution is -0.137. The van der Waals surface area contributed by atoms with Gasteiger partial charge in [0.05, 0.1) is 11.8 Å². The molecular formula is C20H19F3N4O2. The molecule has 0 spiro atoms. The number of ether oxygens (including phenoxy) is 1. The maximum Gasteiger partial charge on any atom is 0.417 e. The highest BCUT2D eigenvalue weighted by Gasteiger charge is 2.30. The van der Waals surface area contributed by atoms with E-state index in [9.17, 15) is 18.0 Å². The van der Waals surface area contributed by atoms with Crippen molar-refractivity contribution in [3.63, 3.8) is 0 Å². The Morgan fingerprint density at radius 3 is 2.52 bits per heavy atom. The van der Waals surface area contributed by atoms with Crippen LogP contribution in [0.4, 0.5) is 19.0 Å². The monoisotopic (exact) mass is 404 g/mol. The molecule has 9 heteroatoms. The quantitative estimate of drug-likeness (QED) is 0.592. The summed E-state index contributed by atoms with van der Waals surface area (Å²) in [6.07, 6.45) is -0.151. The standard InChI is InChI=1S/C20H19F3N4O2/c1-2-3-12-27-17(10-11-25-27)26-19(28)14-4-7-16(8-5-14)29-18-9-6-15(13-24-18)20(21,22)23/h4-11,13H,2-3,12H2,1H3,(H,26,28). The number of alkyl halides is 3. The summed E-state index contributed by atoms with van der Waals surface area (Å²) >= 11 is 0. The van der Waals surface area contributed by atoms with Gasteiger partial charge in [0.1, 0.15) is 11.6 Å². The molecule has 0 radical (unpaired) electrons. The number of unbranched alkanes of at least 4 members (excludes halogenated alkanes) is 1. The zero-order chi connectivity index (χ0) is 20.9. The summed E-state index contributed by atoms with van der Waals surface area (Å²) in [6, 6.07) is 9.96. The SMILES string of the molecule is CCCCn1nccc1NC(=O)c1ccc(Oc2ccc(C(F)(F)F)cn2)cc1. The molecular weight excluding hydrogens is 385 g/mol. The molecule has 6 nitrogen and oxygen atoms in total. The van der Waals surface area contributed by atoms with E-state index in [4.69, 9.17) is 4.74 Å². The Morgan fingerprint density at radius 2 is 1.90 bits per heavy atom. The Hall–Kier alpha value is -3.36. The van der Waals surface area contributed by atoms with E-state index >= 15 is 0 Å². The van der Waals surface area contributed by atoms with Crippen LogP contribution in [0.2, 0.25) is 0 Å². The summed E-state index contributed by atoms with van der Waals surface area (Å²) in [5.74, 6) is 0.678. The normalized spacial score (nSPS) is 11.3. The molecule has 0 bridgehead atoms. The van der Waals surface area contributed by atoms with Gasteiger partial charge in [-0.3, -0.25) is 4.79 Å². The molecule has 0 unspecified atom stereocenters. The summed E-state index contributed by atoms with van der Waals surface area (Å²) in [6.45, 7) is 2.79. The van der Waals surface area contributed by atoms with Crippen molar-refractivity contribution in [1.82, 2.24) is 14.8 Å². The van der Waals surface area contributed by atoms with E-state index in [1.54, 1.807) is 41.2 Å². The van der Waals surface area contributed by atoms with Crippen molar-refractivity contribution in [2.45, 2.75) is 32.5 Å². The Morgan fingerprint density at radius 1 is 1.14 bits per heavy atom. The molecule has 1 aromatic carbocycles. The maximum atomic E-state index is 12.6. The number of halogens is 3. The third-order valence-corrected chi connectivity index (χ3v) is 4.08. The Balaban J connectivity index is 1.62. The van der Waals surface area contributed by atoms with Gasteiger partial charge in [0.15, 0.2) is 0 Å². The maximum absolute atomic E-state index is 12.6. The number of hydrogen-bond acceptors (Lipinski definition) is 4. The van der Waals surface area contributed by atoms with Crippen LogP contribution in [-0.2, 0) is 12.7 Å². The molecule has 0 aliphatic rings. The zero-order valence-corrected chi connectivity index (χ0v) is 15.6. The van der Waals surface area contributed by atoms with Gasteiger partial charge in [0.2, 0.25) is 5.88 Å². The minimum atomic E-state index is -4.45. The highest BCUT2D eigenvalue weighted by Crippen LogP contribution is 2.30. The molecule has 1 N–H and O–H groups in total. The first-order chi connectivity index (χ1) is 13.9. The number of rotatable bonds is 7. The van der Waals surface area contributed by atoms with Crippen molar-refractivity contribution < 1.29 is 22.7 Å². The fourth-order valence-electron chi connectivity index (χ4n) is 2.52. The van der Waals surface area contributed by atoms with Crippen LogP contribution in [0.25, 0.3) is 0 Å². The van der Waals surface area contributed by atoms with E-state index in [1.165, 1.54) is 0 Å². The molecule has 0 aliphatic carbocycles. The Labute approximate surface area is 165 Å². The van der Waals surface area contributed by atoms with Crippen LogP contribution in [0.1, 0.15) is 35.7 Å². The summed E-state index contributed by atoms with van der Waals surface area (Å²) in [5, 5.41) is 6.99. The van der Waals surface area contributed by atoms with Crippen molar-refractivity contribution in [1.29, 1.82) is 0 Å². The first kappa shape index (κ1) is 20.4. The number of carbonyl (C=O) groups is 1. The summed E-state index contributed by atoms with van der Waals surface area (Å²) in [5.41, 5.74) is -0.448. The fourth-order valence-corrected chi connectivity index (χ4v) is 2.52. The van der Waals surface area contributed by atoms with E-state index < -0.39 is 11.7 Å². The van der Waals surface area contributed by atoms with E-state index in [-0.39, 0.29) is 11.8 Å². The zero-order valence-electron chi connectivity index (χ0n) is 15.6. The first-order valence-corrected chi connectivity index (χ1v) is 9.01. The minimum Gasteiger partial charge on any atom is -0.439 e. The van der Waals surface area contributed by atoms with Gasteiger partial charge >= 0.3 is 6.18 Å². The molecule has 1 amide bonds. The third kappa shape index (κ3) is 5.34. The predicted molar refractivity (Wildman–Crippen MR) is 101 cm³/mol. The molecule has 3 rings (SSSR count). The highest BCUT2D eigenvalue weighted by molar-refractivity contribution is 6.03. The average molecular weight is 404 g/mol. The lowest BCUT2D eigenvalue weighted by Gasteiger charge is -2.10. The molecule has 152 valence electrons. The largest absolute Gasteiger partial charge is 0.439 e. The van der Waals surface area contributed by atoms with E-state index in [0.717, 1.165) is 25.0 Å². The number of pyridine rings is 1. The molecule has 29 heavy (non-hydrogen) atoms. The van der Waals surface area contributed by atoms with Gasteiger partial charge in [0.25, 0.3) is 5.91 Å². The van der Waals surface area contributed by atoms with Gasteiger partial charge in [-0.05, 0) is 36.8 Å². The predicted octanol–water partition coefficient (Wildman–Crippen LogP) is 5.14. The molecule has 0 atom stereocenters. The summed E-state index contributed by atoms with van der Waals surface area (Å²) in [4.78, 5) is 16.1. The second-order valence-corrected chi connectivity index (χ2v) is 6.26. The number of hydrogen-bond donors (Lipinski definition) is 1. The number of nitrogens with zero attached hydrogens (tertiary/aromatic N) is 3. The van der Waals surface area contributed by atoms with Gasteiger partial charge in [-0.2, -0.15) is 18.3 Å². The smallest absolute Gasteiger partial charge is 0.417 e. The van der Waals surface area contributed by atoms with Crippen LogP contribution < -0.4 is 10.1 Å². The number of anilines is 1. The van der Waals surface area contributed by atoms with Gasteiger partial charge in [-0.1, -0.05) is 13.3 Å². The number of benzene rings is 1. The van der Waals surface area contributed by atoms with Crippen LogP contribution in [0.5, 0.6) is 11.6 Å². The lowest BCUT2D eigenvalue weighted by atomic mass is 10.2. The van der Waals surface area contributed by atoms with Crippen LogP contribution >= 0.6 is 0 Å². The second kappa shape index (κ2) is 8.76. The number of amides is 1. The molecule has 2 heterocycles. The van der Waals surface area contributed by atoms with Crippen LogP contribution in [-0.4, -0.2) is 20.7 Å². The number of carbonyl (C=O) groups excluding carboxylic acids is 1. The number of aryl methyl sites for hydroxylation is 1. The van der Waals surface area contributed by atoms with Gasteiger partial charge in [-0.25, -0.2) is 9.67 Å². The topological polar surface area (TPSA) is 69.0 Å². The summed E-state index contributed by atoms with van der Waals surface area (Å²) in [7, 11) is 0. The second-order valence-electron chi connectivity index (χ2n) is 6.26. The van der Waals surface area contributed by atoms with Crippen molar-refractivity contribution in [3.8, 4) is 11.6 Å². The lowest BCUT2D eigenvalue weighted by Crippen LogP contribution is -2.15. The molecule has 0 saturated heterocycles. The molecule has 0 aliphatic heterocycles. The third-order valence-electron chi connectivity index (χ3n) is 4.08. The van der Waals surface area contributed by atoms with Crippen molar-refractivity contribution in [2.75, 3.05) is 5.32 Å². The van der Waals surface area contributed by atoms with Crippen LogP contribution in [0, 0.1) is 0 Å². The molecule has 3 aromatic rings. The average Bonchev–Trinajstić information content (AvgIpc) is 3.13. The Kier molecular flexibility index (Phi) is 6.16. The fraction of sp³-hybridized carbons (Fsp3) is 0.250. The van der Waals surface area contributed by atoms with E-state index in [0.29, 0.717) is 29.9 Å². The van der Waals surface area contributed by atoms with Crippen LogP contribution in [0.3, 0.4) is 0 Å². The minimum absolute atomic E-state index is 0.0232. The molecule has 0 fully saturated rings. The first-order valence-electron chi connectivity index (χ1n) is 9.01. The van der Waals surface area contributed by atoms with E-state index in [2.05, 4.69) is 22.3 Å². The highest BCUT2D eigenvalue weighted by atomic mass is 19.4. The van der Waals surface area contributed by atoms with Crippen LogP contribution in [0.15, 0.2) is 54.9 Å². The number of aromatic nitrogens is 3. The molecule has 2 aromatic heterocycles. The van der Waals surface area contributed by atoms with Crippen molar-refractivity contribution in [2.24, 2.45) is 0 Å².